The molecule has 0 bridgehead atoms. The Morgan fingerprint density at radius 3 is 1.75 bits per heavy atom. The van der Waals surface area contributed by atoms with Gasteiger partial charge in [0.2, 0.25) is 0 Å². The first-order valence-corrected chi connectivity index (χ1v) is 3.25. The van der Waals surface area contributed by atoms with Crippen LogP contribution in [0.1, 0.15) is 0 Å². The van der Waals surface area contributed by atoms with Crippen LogP contribution in [0.2, 0.25) is 0 Å². The zero-order chi connectivity index (χ0) is 6.99. The summed E-state index contributed by atoms with van der Waals surface area (Å²) in [6, 6.07) is 0. The number of carbonyl (C=O) groups excluding carboxylic acids is 2. The van der Waals surface area contributed by atoms with Crippen molar-refractivity contribution in [1.29, 1.82) is 0 Å². The molecule has 0 aromatic rings. The van der Waals surface area contributed by atoms with Crippen LogP contribution < -0.4 is 0 Å². The van der Waals surface area contributed by atoms with E-state index >= 15 is 0 Å². The highest BCUT2D eigenvalue weighted by Crippen LogP contribution is 1.97. The van der Waals surface area contributed by atoms with Crippen molar-refractivity contribution < 1.29 is 14.2 Å². The Morgan fingerprint density at radius 1 is 1.62 bits per heavy atom. The van der Waals surface area contributed by atoms with Crippen LogP contribution in [0.5, 0.6) is 0 Å². The molecule has 46 valence electrons. The molecule has 0 aliphatic rings. The molecule has 0 fully saturated rings. The van der Waals surface area contributed by atoms with Crippen LogP contribution >= 0.6 is 33.7 Å². The normalized spacial score (nSPS) is 6.75. The molecular formula is C2H4O3PS2+. The van der Waals surface area contributed by atoms with Gasteiger partial charge >= 0.3 is 13.3 Å². The van der Waals surface area contributed by atoms with Gasteiger partial charge in [-0.25, -0.2) is 4.79 Å². The van der Waals surface area contributed by atoms with E-state index in [4.69, 9.17) is 4.79 Å². The number of rotatable bonds is 1. The highest BCUT2D eigenvalue weighted by Gasteiger charge is 1.94. The summed E-state index contributed by atoms with van der Waals surface area (Å²) in [5.41, 5.74) is 0.444. The summed E-state index contributed by atoms with van der Waals surface area (Å²) in [7, 11) is -0.910. The van der Waals surface area contributed by atoms with Crippen molar-refractivity contribution in [3.05, 3.63) is 0 Å². The number of carbonyl (C=O) groups is 2. The lowest BCUT2D eigenvalue weighted by atomic mass is 11.8. The van der Waals surface area contributed by atoms with Crippen LogP contribution in [-0.2, 0) is 9.36 Å². The Morgan fingerprint density at radius 2 is 1.75 bits per heavy atom. The van der Waals surface area contributed by atoms with E-state index in [2.05, 4.69) is 25.3 Å². The minimum atomic E-state index is -0.910. The molecule has 0 saturated heterocycles. The fourth-order valence-electron chi connectivity index (χ4n) is 0. The minimum Gasteiger partial charge on any atom is -0.291 e. The molecule has 3 nitrogen and oxygen atoms in total. The lowest BCUT2D eigenvalue weighted by Crippen LogP contribution is -1.50. The van der Waals surface area contributed by atoms with Gasteiger partial charge in [-0.3, -0.25) is 4.79 Å². The Labute approximate surface area is 58.9 Å². The van der Waals surface area contributed by atoms with Gasteiger partial charge in [-0.1, -0.05) is 4.57 Å². The third-order valence-corrected chi connectivity index (χ3v) is 0.536. The first-order valence-electron chi connectivity index (χ1n) is 1.38. The predicted molar refractivity (Wildman–Crippen MR) is 39.1 cm³/mol. The topological polar surface area (TPSA) is 51.2 Å². The van der Waals surface area contributed by atoms with E-state index in [1.165, 1.54) is 0 Å². The second-order valence-electron chi connectivity index (χ2n) is 0.513. The summed E-state index contributed by atoms with van der Waals surface area (Å²) < 4.78 is 9.23. The summed E-state index contributed by atoms with van der Waals surface area (Å²) in [6.07, 6.45) is 0. The van der Waals surface area contributed by atoms with E-state index in [9.17, 15) is 9.36 Å². The highest BCUT2D eigenvalue weighted by molar-refractivity contribution is 8.07. The molecule has 6 heteroatoms. The molecule has 0 aromatic carbocycles. The Kier molecular flexibility index (Phi) is 14.0. The minimum absolute atomic E-state index is 0.444. The first-order chi connectivity index (χ1) is 3.68. The molecule has 0 N–H and O–H groups in total. The molecule has 0 aliphatic heterocycles. The molecule has 0 radical (unpaired) electrons. The second kappa shape index (κ2) is 10.2. The molecule has 1 atom stereocenters. The zero-order valence-electron chi connectivity index (χ0n) is 3.70. The summed E-state index contributed by atoms with van der Waals surface area (Å²) in [5.74, 6) is 0. The molecule has 0 rings (SSSR count). The van der Waals surface area contributed by atoms with Crippen LogP contribution in [0.25, 0.3) is 0 Å². The molecule has 0 heterocycles. The lowest BCUT2D eigenvalue weighted by molar-refractivity contribution is 0.276. The standard InChI is InChI=1S/CHO2PS.CH2OS/c2-1(5)4-3;2-1-3/h(H,2,5);1H,(H,2,3)/p+1. The second-order valence-corrected chi connectivity index (χ2v) is 2.21. The van der Waals surface area contributed by atoms with Crippen molar-refractivity contribution in [2.75, 3.05) is 0 Å². The van der Waals surface area contributed by atoms with Crippen molar-refractivity contribution in [2.24, 2.45) is 0 Å². The van der Waals surface area contributed by atoms with Gasteiger partial charge < -0.3 is 0 Å². The average Bonchev–Trinajstić information content (AvgIpc) is 1.69. The van der Waals surface area contributed by atoms with Crippen molar-refractivity contribution >= 4 is 44.2 Å². The van der Waals surface area contributed by atoms with Crippen LogP contribution in [0.15, 0.2) is 0 Å². The Balaban J connectivity index is 0. The van der Waals surface area contributed by atoms with E-state index in [1.54, 1.807) is 0 Å². The number of hydrogen-bond donors (Lipinski definition) is 2. The molecule has 1 unspecified atom stereocenters. The molecule has 0 saturated carbocycles. The predicted octanol–water partition coefficient (Wildman–Crippen LogP) is 1.17. The van der Waals surface area contributed by atoms with E-state index in [-0.39, 0.29) is 0 Å². The third kappa shape index (κ3) is 35.4. The van der Waals surface area contributed by atoms with Gasteiger partial charge in [0.05, 0.1) is 0 Å². The number of hydrogen-bond acceptors (Lipinski definition) is 3. The van der Waals surface area contributed by atoms with Crippen molar-refractivity contribution in [1.82, 2.24) is 0 Å². The zero-order valence-corrected chi connectivity index (χ0v) is 6.49. The fraction of sp³-hybridized carbons (Fsp3) is 0. The molecule has 8 heavy (non-hydrogen) atoms. The monoisotopic (exact) mass is 171 g/mol. The summed E-state index contributed by atoms with van der Waals surface area (Å²) in [5, 5.41) is 0. The maximum atomic E-state index is 9.38. The fourth-order valence-corrected chi connectivity index (χ4v) is 0. The quantitative estimate of drug-likeness (QED) is 0.353. The smallest absolute Gasteiger partial charge is 0.291 e. The summed E-state index contributed by atoms with van der Waals surface area (Å²) >= 11 is 6.27. The van der Waals surface area contributed by atoms with Crippen molar-refractivity contribution in [3.63, 3.8) is 0 Å². The lowest BCUT2D eigenvalue weighted by Gasteiger charge is -1.42. The largest absolute Gasteiger partial charge is 0.417 e. The SMILES string of the molecule is O=CS.O=[PH+]C(=O)S. The van der Waals surface area contributed by atoms with Crippen LogP contribution in [0.3, 0.4) is 0 Å². The Bertz CT molecular complexity index is 93.3. The molecule has 0 aliphatic carbocycles. The maximum Gasteiger partial charge on any atom is 0.417 e. The first kappa shape index (κ1) is 11.0. The molecule has 0 aromatic heterocycles. The van der Waals surface area contributed by atoms with E-state index < -0.39 is 13.3 Å². The molecule has 0 amide bonds. The Hall–Kier alpha value is 0.140. The van der Waals surface area contributed by atoms with E-state index in [0.717, 1.165) is 0 Å². The van der Waals surface area contributed by atoms with Gasteiger partial charge in [0, 0.05) is 0 Å². The molecule has 0 spiro atoms. The van der Waals surface area contributed by atoms with Crippen molar-refractivity contribution in [3.8, 4) is 0 Å². The third-order valence-electron chi connectivity index (χ3n) is 0.0873. The van der Waals surface area contributed by atoms with E-state index in [0.29, 0.717) is 5.62 Å². The van der Waals surface area contributed by atoms with Crippen LogP contribution in [-0.4, -0.2) is 10.5 Å². The van der Waals surface area contributed by atoms with Crippen LogP contribution in [0, 0.1) is 0 Å². The van der Waals surface area contributed by atoms with Crippen molar-refractivity contribution in [2.45, 2.75) is 0 Å². The van der Waals surface area contributed by atoms with Gasteiger partial charge in [0.25, 0.3) is 0 Å². The van der Waals surface area contributed by atoms with E-state index in [1.807, 2.05) is 0 Å². The van der Waals surface area contributed by atoms with Crippen LogP contribution in [0.4, 0.5) is 4.79 Å². The maximum absolute atomic E-state index is 9.38. The van der Waals surface area contributed by atoms with Gasteiger partial charge in [-0.15, -0.1) is 12.6 Å². The number of thiol groups is 2. The summed E-state index contributed by atoms with van der Waals surface area (Å²) in [4.78, 5) is 17.5. The van der Waals surface area contributed by atoms with Gasteiger partial charge in [-0.2, -0.15) is 0 Å². The highest BCUT2D eigenvalue weighted by atomic mass is 32.1. The average molecular weight is 171 g/mol. The van der Waals surface area contributed by atoms with Gasteiger partial charge in [-0.05, 0) is 12.6 Å². The van der Waals surface area contributed by atoms with Gasteiger partial charge in [0.15, 0.2) is 5.62 Å². The van der Waals surface area contributed by atoms with Gasteiger partial charge in [0.1, 0.15) is 0 Å². The molecular weight excluding hydrogens is 167 g/mol. The summed E-state index contributed by atoms with van der Waals surface area (Å²) in [6.45, 7) is 0.